The molecule has 0 spiro atoms. The lowest BCUT2D eigenvalue weighted by molar-refractivity contribution is 0.102. The van der Waals surface area contributed by atoms with Crippen LogP contribution in [0.3, 0.4) is 0 Å². The van der Waals surface area contributed by atoms with Crippen LogP contribution in [0.15, 0.2) is 54.6 Å². The van der Waals surface area contributed by atoms with Crippen molar-refractivity contribution in [1.82, 2.24) is 19.7 Å². The van der Waals surface area contributed by atoms with Crippen molar-refractivity contribution in [3.63, 3.8) is 0 Å². The number of rotatable bonds is 3. The molecular weight excluding hydrogens is 338 g/mol. The van der Waals surface area contributed by atoms with Crippen molar-refractivity contribution in [2.45, 2.75) is 13.8 Å². The average molecular weight is 361 g/mol. The van der Waals surface area contributed by atoms with Gasteiger partial charge < -0.3 is 9.88 Å². The van der Waals surface area contributed by atoms with Crippen molar-refractivity contribution in [3.8, 4) is 11.3 Å². The second-order valence-electron chi connectivity index (χ2n) is 6.21. The van der Waals surface area contributed by atoms with Gasteiger partial charge in [0.05, 0.1) is 22.9 Å². The fourth-order valence-electron chi connectivity index (χ4n) is 2.70. The third kappa shape index (κ3) is 3.29. The summed E-state index contributed by atoms with van der Waals surface area (Å²) in [6.07, 6.45) is 1.79. The largest absolute Gasteiger partial charge is 0.331 e. The first-order chi connectivity index (χ1) is 14.7. The Morgan fingerprint density at radius 2 is 1.89 bits per heavy atom. The molecular formula is C21H19N5O. The third-order valence-corrected chi connectivity index (χ3v) is 4.32. The summed E-state index contributed by atoms with van der Waals surface area (Å²) in [6.45, 7) is 3.40. The van der Waals surface area contributed by atoms with Gasteiger partial charge in [0, 0.05) is 23.6 Å². The van der Waals surface area contributed by atoms with Crippen LogP contribution in [0.1, 0.15) is 27.2 Å². The smallest absolute Gasteiger partial charge is 0.256 e. The van der Waals surface area contributed by atoms with Crippen molar-refractivity contribution >= 4 is 22.6 Å². The van der Waals surface area contributed by atoms with Gasteiger partial charge in [0.1, 0.15) is 5.82 Å². The molecule has 0 fully saturated rings. The van der Waals surface area contributed by atoms with E-state index in [1.54, 1.807) is 12.3 Å². The molecule has 0 saturated carbocycles. The number of hydrogen-bond donors (Lipinski definition) is 1. The lowest BCUT2D eigenvalue weighted by Gasteiger charge is -2.07. The number of aryl methyl sites for hydroxylation is 1. The van der Waals surface area contributed by atoms with Gasteiger partial charge in [-0.05, 0) is 44.1 Å². The fourth-order valence-corrected chi connectivity index (χ4v) is 2.70. The molecule has 1 amide bonds. The van der Waals surface area contributed by atoms with Crippen molar-refractivity contribution < 1.29 is 10.3 Å². The fraction of sp³-hybridized carbons (Fsp3) is 0.143. The number of carbonyl (C=O) groups is 1. The molecule has 6 heteroatoms. The van der Waals surface area contributed by atoms with Gasteiger partial charge in [-0.3, -0.25) is 4.79 Å². The molecule has 134 valence electrons. The Kier molecular flexibility index (Phi) is 3.14. The first-order valence-corrected chi connectivity index (χ1v) is 8.33. The molecule has 2 heterocycles. The van der Waals surface area contributed by atoms with Crippen molar-refractivity contribution in [1.29, 1.82) is 0 Å². The minimum absolute atomic E-state index is 0.147. The summed E-state index contributed by atoms with van der Waals surface area (Å²) >= 11 is 0. The molecule has 27 heavy (non-hydrogen) atoms. The highest BCUT2D eigenvalue weighted by molar-refractivity contribution is 6.04. The minimum Gasteiger partial charge on any atom is -0.331 e. The molecule has 0 aliphatic heterocycles. The Morgan fingerprint density at radius 1 is 1.11 bits per heavy atom. The quantitative estimate of drug-likeness (QED) is 0.601. The average Bonchev–Trinajstić information content (AvgIpc) is 3.09. The van der Waals surface area contributed by atoms with E-state index in [1.807, 2.05) is 36.7 Å². The van der Waals surface area contributed by atoms with Crippen LogP contribution in [0.4, 0.5) is 5.82 Å². The summed E-state index contributed by atoms with van der Waals surface area (Å²) < 4.78 is 33.9. The van der Waals surface area contributed by atoms with Gasteiger partial charge >= 0.3 is 0 Å². The number of benzene rings is 2. The van der Waals surface area contributed by atoms with Crippen LogP contribution in [0.5, 0.6) is 0 Å². The van der Waals surface area contributed by atoms with Gasteiger partial charge in [0.2, 0.25) is 0 Å². The maximum Gasteiger partial charge on any atom is 0.256 e. The van der Waals surface area contributed by atoms with Crippen molar-refractivity contribution in [2.24, 2.45) is 7.05 Å². The third-order valence-electron chi connectivity index (χ3n) is 4.32. The molecule has 4 aromatic rings. The monoisotopic (exact) mass is 361 g/mol. The minimum atomic E-state index is -0.774. The zero-order valence-electron chi connectivity index (χ0n) is 19.1. The molecule has 0 atom stereocenters. The van der Waals surface area contributed by atoms with Crippen LogP contribution in [-0.2, 0) is 7.05 Å². The van der Waals surface area contributed by atoms with E-state index >= 15 is 0 Å². The summed E-state index contributed by atoms with van der Waals surface area (Å²) in [5.41, 5.74) is 2.36. The van der Waals surface area contributed by atoms with Crippen LogP contribution in [-0.4, -0.2) is 25.7 Å². The molecule has 2 aromatic heterocycles. The summed E-state index contributed by atoms with van der Waals surface area (Å²) in [7, 11) is 1.93. The molecule has 2 aromatic carbocycles. The highest BCUT2D eigenvalue weighted by atomic mass is 16.1. The lowest BCUT2D eigenvalue weighted by atomic mass is 10.1. The van der Waals surface area contributed by atoms with E-state index in [0.29, 0.717) is 5.52 Å². The number of nitrogens with zero attached hydrogens (tertiary/aromatic N) is 4. The van der Waals surface area contributed by atoms with Gasteiger partial charge in [-0.25, -0.2) is 4.98 Å². The molecule has 0 unspecified atom stereocenters. The van der Waals surface area contributed by atoms with Gasteiger partial charge in [-0.1, -0.05) is 23.7 Å². The van der Waals surface area contributed by atoms with E-state index in [0.717, 1.165) is 22.5 Å². The number of anilines is 1. The first-order valence-electron chi connectivity index (χ1n) is 10.3. The number of carbonyl (C=O) groups excluding carboxylic acids is 1. The van der Waals surface area contributed by atoms with Gasteiger partial charge in [-0.2, -0.15) is 0 Å². The van der Waals surface area contributed by atoms with Crippen LogP contribution in [0, 0.1) is 13.8 Å². The zero-order chi connectivity index (χ0) is 22.4. The summed E-state index contributed by atoms with van der Waals surface area (Å²) in [5, 5.41) is 11.4. The Hall–Kier alpha value is -3.54. The van der Waals surface area contributed by atoms with Crippen LogP contribution >= 0.6 is 0 Å². The SMILES string of the molecule is [2H]c1c([2H])c(C(=O)Nc2cc3cc(-c4cnc(C)n4C)ccc3nn2)c([2H])c([2H])c1C. The topological polar surface area (TPSA) is 72.7 Å². The number of amides is 1. The lowest BCUT2D eigenvalue weighted by Crippen LogP contribution is -2.13. The Labute approximate surface area is 162 Å². The van der Waals surface area contributed by atoms with Gasteiger partial charge in [-0.15, -0.1) is 10.2 Å². The maximum absolute atomic E-state index is 12.7. The van der Waals surface area contributed by atoms with Crippen molar-refractivity contribution in [3.05, 3.63) is 71.6 Å². The zero-order valence-corrected chi connectivity index (χ0v) is 15.1. The van der Waals surface area contributed by atoms with E-state index in [4.69, 9.17) is 5.48 Å². The predicted octanol–water partition coefficient (Wildman–Crippen LogP) is 3.90. The number of hydrogen-bond acceptors (Lipinski definition) is 4. The normalized spacial score (nSPS) is 13.0. The van der Waals surface area contributed by atoms with E-state index < -0.39 is 18.0 Å². The van der Waals surface area contributed by atoms with E-state index in [1.165, 1.54) is 6.92 Å². The molecule has 0 bridgehead atoms. The van der Waals surface area contributed by atoms with Gasteiger partial charge in [0.25, 0.3) is 5.91 Å². The predicted molar refractivity (Wildman–Crippen MR) is 106 cm³/mol. The molecule has 4 rings (SSSR count). The second-order valence-corrected chi connectivity index (χ2v) is 6.21. The molecule has 0 saturated heterocycles. The highest BCUT2D eigenvalue weighted by Gasteiger charge is 2.10. The molecule has 0 radical (unpaired) electrons. The summed E-state index contributed by atoms with van der Waals surface area (Å²) in [5.74, 6) is 0.256. The molecule has 6 nitrogen and oxygen atoms in total. The van der Waals surface area contributed by atoms with Gasteiger partial charge in [0.15, 0.2) is 5.82 Å². The second kappa shape index (κ2) is 6.64. The first kappa shape index (κ1) is 12.8. The maximum atomic E-state index is 12.7. The van der Waals surface area contributed by atoms with Crippen LogP contribution in [0.2, 0.25) is 0 Å². The Bertz CT molecular complexity index is 1340. The van der Waals surface area contributed by atoms with Crippen LogP contribution in [0.25, 0.3) is 22.2 Å². The Balaban J connectivity index is 1.71. The number of nitrogens with one attached hydrogen (secondary N) is 1. The number of fused-ring (bicyclic) bond motifs is 1. The van der Waals surface area contributed by atoms with E-state index in [-0.39, 0.29) is 29.0 Å². The summed E-state index contributed by atoms with van der Waals surface area (Å²) in [6, 6.07) is 6.04. The molecule has 1 N–H and O–H groups in total. The van der Waals surface area contributed by atoms with E-state index in [9.17, 15) is 4.79 Å². The highest BCUT2D eigenvalue weighted by Crippen LogP contribution is 2.25. The standard InChI is InChI=1S/C21H19N5O/c1-13-4-6-15(7-5-13)21(27)23-20-11-17-10-16(8-9-18(17)24-25-20)19-12-22-14(2)26(19)3/h4-12H,1-3H3,(H,23,25,27)/i4D,5D,6D,7D. The van der Waals surface area contributed by atoms with Crippen molar-refractivity contribution in [2.75, 3.05) is 5.32 Å². The molecule has 0 aliphatic carbocycles. The van der Waals surface area contributed by atoms with Crippen LogP contribution < -0.4 is 5.32 Å². The number of imidazole rings is 1. The summed E-state index contributed by atoms with van der Waals surface area (Å²) in [4.78, 5) is 17.1. The Morgan fingerprint density at radius 3 is 2.59 bits per heavy atom. The molecule has 0 aliphatic rings. The number of aromatic nitrogens is 4. The van der Waals surface area contributed by atoms with E-state index in [2.05, 4.69) is 20.5 Å².